The van der Waals surface area contributed by atoms with Crippen molar-refractivity contribution in [2.75, 3.05) is 0 Å². The molecule has 0 N–H and O–H groups in total. The molecule has 2 atom stereocenters. The van der Waals surface area contributed by atoms with E-state index in [1.54, 1.807) is 0 Å². The molecule has 33 heavy (non-hydrogen) atoms. The van der Waals surface area contributed by atoms with Gasteiger partial charge < -0.3 is 4.90 Å². The van der Waals surface area contributed by atoms with E-state index < -0.39 is 0 Å². The zero-order chi connectivity index (χ0) is 23.5. The molecule has 182 valence electrons. The lowest BCUT2D eigenvalue weighted by atomic mass is 9.91. The van der Waals surface area contributed by atoms with Crippen LogP contribution in [0.4, 0.5) is 0 Å². The third kappa shape index (κ3) is 7.84. The van der Waals surface area contributed by atoms with E-state index in [-0.39, 0.29) is 5.91 Å². The van der Waals surface area contributed by atoms with E-state index in [0.717, 1.165) is 34.7 Å². The molecule has 2 aromatic carbocycles. The van der Waals surface area contributed by atoms with Gasteiger partial charge in [-0.3, -0.25) is 4.79 Å². The molecule has 1 amide bonds. The highest BCUT2D eigenvalue weighted by Gasteiger charge is 2.32. The number of rotatable bonds is 13. The number of hydrogen-bond donors (Lipinski definition) is 0. The Kier molecular flexibility index (Phi) is 11.3. The number of halogens is 1. The highest BCUT2D eigenvalue weighted by Crippen LogP contribution is 2.30. The SMILES string of the molecule is CCCCCCCCCCCCCC1CCCC(C)N1C(=O)c1ccc2c(Br)cccc2c1. The van der Waals surface area contributed by atoms with Gasteiger partial charge >= 0.3 is 0 Å². The summed E-state index contributed by atoms with van der Waals surface area (Å²) in [5.74, 6) is 0.220. The topological polar surface area (TPSA) is 20.3 Å². The number of hydrogen-bond acceptors (Lipinski definition) is 1. The third-order valence-corrected chi connectivity index (χ3v) is 8.17. The number of amides is 1. The van der Waals surface area contributed by atoms with E-state index in [1.165, 1.54) is 82.4 Å². The molecule has 0 saturated carbocycles. The van der Waals surface area contributed by atoms with Gasteiger partial charge in [-0.2, -0.15) is 0 Å². The molecule has 0 radical (unpaired) electrons. The van der Waals surface area contributed by atoms with Gasteiger partial charge in [-0.25, -0.2) is 0 Å². The summed E-state index contributed by atoms with van der Waals surface area (Å²) in [6, 6.07) is 13.1. The lowest BCUT2D eigenvalue weighted by Gasteiger charge is -2.41. The molecular formula is C30H44BrNO. The predicted octanol–water partition coefficient (Wildman–Crippen LogP) is 9.69. The fourth-order valence-corrected chi connectivity index (χ4v) is 6.02. The van der Waals surface area contributed by atoms with E-state index in [2.05, 4.69) is 58.9 Å². The number of likely N-dealkylation sites (tertiary alicyclic amines) is 1. The molecule has 1 aliphatic heterocycles. The second-order valence-corrected chi connectivity index (χ2v) is 11.0. The molecule has 1 aliphatic rings. The van der Waals surface area contributed by atoms with Crippen LogP contribution in [0.5, 0.6) is 0 Å². The van der Waals surface area contributed by atoms with Crippen LogP contribution < -0.4 is 0 Å². The average Bonchev–Trinajstić information content (AvgIpc) is 2.82. The van der Waals surface area contributed by atoms with Crippen molar-refractivity contribution < 1.29 is 4.79 Å². The predicted molar refractivity (Wildman–Crippen MR) is 146 cm³/mol. The highest BCUT2D eigenvalue weighted by molar-refractivity contribution is 9.10. The van der Waals surface area contributed by atoms with Gasteiger partial charge in [0.2, 0.25) is 0 Å². The molecule has 0 aliphatic carbocycles. The van der Waals surface area contributed by atoms with Crippen LogP contribution in [0.3, 0.4) is 0 Å². The Morgan fingerprint density at radius 2 is 1.58 bits per heavy atom. The van der Waals surface area contributed by atoms with E-state index in [0.29, 0.717) is 12.1 Å². The monoisotopic (exact) mass is 513 g/mol. The number of piperidine rings is 1. The van der Waals surface area contributed by atoms with Gasteiger partial charge in [-0.15, -0.1) is 0 Å². The van der Waals surface area contributed by atoms with E-state index >= 15 is 0 Å². The van der Waals surface area contributed by atoms with Crippen LogP contribution in [0.2, 0.25) is 0 Å². The smallest absolute Gasteiger partial charge is 0.254 e. The molecule has 0 aromatic heterocycles. The molecule has 3 heteroatoms. The molecule has 2 aromatic rings. The van der Waals surface area contributed by atoms with E-state index in [9.17, 15) is 4.79 Å². The van der Waals surface area contributed by atoms with Crippen LogP contribution in [0.1, 0.15) is 121 Å². The van der Waals surface area contributed by atoms with Gasteiger partial charge in [0.25, 0.3) is 5.91 Å². The second kappa shape index (κ2) is 14.1. The fourth-order valence-electron chi connectivity index (χ4n) is 5.51. The highest BCUT2D eigenvalue weighted by atomic mass is 79.9. The summed E-state index contributed by atoms with van der Waals surface area (Å²) in [5.41, 5.74) is 0.832. The van der Waals surface area contributed by atoms with Gasteiger partial charge in [0.15, 0.2) is 0 Å². The Hall–Kier alpha value is -1.35. The van der Waals surface area contributed by atoms with Crippen molar-refractivity contribution in [3.8, 4) is 0 Å². The van der Waals surface area contributed by atoms with E-state index in [4.69, 9.17) is 0 Å². The lowest BCUT2D eigenvalue weighted by Crippen LogP contribution is -2.48. The van der Waals surface area contributed by atoms with Crippen molar-refractivity contribution in [2.45, 2.75) is 122 Å². The largest absolute Gasteiger partial charge is 0.333 e. The number of benzene rings is 2. The zero-order valence-corrected chi connectivity index (χ0v) is 22.5. The first-order valence-electron chi connectivity index (χ1n) is 13.6. The van der Waals surface area contributed by atoms with Gasteiger partial charge in [0.1, 0.15) is 0 Å². The van der Waals surface area contributed by atoms with Gasteiger partial charge in [0.05, 0.1) is 0 Å². The summed E-state index contributed by atoms with van der Waals surface area (Å²) in [4.78, 5) is 15.8. The summed E-state index contributed by atoms with van der Waals surface area (Å²) < 4.78 is 1.08. The standard InChI is InChI=1S/C30H44BrNO/c1-3-4-5-6-7-8-9-10-11-12-13-18-27-19-14-16-24(2)32(27)30(33)26-21-22-28-25(23-26)17-15-20-29(28)31/h15,17,20-24,27H,3-14,16,18-19H2,1-2H3. The summed E-state index contributed by atoms with van der Waals surface area (Å²) in [6.45, 7) is 4.52. The number of carbonyl (C=O) groups excluding carboxylic acids is 1. The molecule has 1 heterocycles. The Morgan fingerprint density at radius 3 is 2.27 bits per heavy atom. The minimum Gasteiger partial charge on any atom is -0.333 e. The second-order valence-electron chi connectivity index (χ2n) is 10.1. The molecule has 2 nitrogen and oxygen atoms in total. The molecule has 2 unspecified atom stereocenters. The molecular weight excluding hydrogens is 470 g/mol. The normalized spacial score (nSPS) is 18.7. The van der Waals surface area contributed by atoms with Crippen molar-refractivity contribution in [3.63, 3.8) is 0 Å². The number of nitrogens with zero attached hydrogens (tertiary/aromatic N) is 1. The average molecular weight is 515 g/mol. The van der Waals surface area contributed by atoms with Crippen LogP contribution in [-0.4, -0.2) is 22.9 Å². The first-order chi connectivity index (χ1) is 16.1. The summed E-state index contributed by atoms with van der Waals surface area (Å²) >= 11 is 3.63. The fraction of sp³-hybridized carbons (Fsp3) is 0.633. The van der Waals surface area contributed by atoms with Crippen molar-refractivity contribution in [3.05, 3.63) is 46.4 Å². The number of fused-ring (bicyclic) bond motifs is 1. The number of unbranched alkanes of at least 4 members (excludes halogenated alkanes) is 10. The molecule has 0 spiro atoms. The lowest BCUT2D eigenvalue weighted by molar-refractivity contribution is 0.0459. The Morgan fingerprint density at radius 1 is 0.909 bits per heavy atom. The summed E-state index contributed by atoms with van der Waals surface area (Å²) in [5, 5.41) is 2.29. The maximum absolute atomic E-state index is 13.6. The van der Waals surface area contributed by atoms with Crippen LogP contribution in [0, 0.1) is 0 Å². The molecule has 1 saturated heterocycles. The summed E-state index contributed by atoms with van der Waals surface area (Å²) in [7, 11) is 0. The van der Waals surface area contributed by atoms with E-state index in [1.807, 2.05) is 12.1 Å². The Labute approximate surface area is 210 Å². The van der Waals surface area contributed by atoms with Crippen LogP contribution in [-0.2, 0) is 0 Å². The minimum atomic E-state index is 0.220. The summed E-state index contributed by atoms with van der Waals surface area (Å²) in [6.07, 6.45) is 19.8. The van der Waals surface area contributed by atoms with Crippen molar-refractivity contribution in [1.82, 2.24) is 4.90 Å². The quantitative estimate of drug-likeness (QED) is 0.244. The number of carbonyl (C=O) groups is 1. The third-order valence-electron chi connectivity index (χ3n) is 7.48. The van der Waals surface area contributed by atoms with Crippen LogP contribution >= 0.6 is 15.9 Å². The maximum atomic E-state index is 13.6. The molecule has 1 fully saturated rings. The first-order valence-corrected chi connectivity index (χ1v) is 14.4. The molecule has 0 bridgehead atoms. The van der Waals surface area contributed by atoms with Crippen LogP contribution in [0.25, 0.3) is 10.8 Å². The van der Waals surface area contributed by atoms with Gasteiger partial charge in [-0.05, 0) is 61.6 Å². The van der Waals surface area contributed by atoms with Gasteiger partial charge in [0, 0.05) is 22.1 Å². The Balaban J connectivity index is 1.46. The first kappa shape index (κ1) is 26.3. The minimum absolute atomic E-state index is 0.220. The maximum Gasteiger partial charge on any atom is 0.254 e. The Bertz CT molecular complexity index is 863. The molecule has 3 rings (SSSR count). The van der Waals surface area contributed by atoms with Crippen molar-refractivity contribution in [1.29, 1.82) is 0 Å². The zero-order valence-electron chi connectivity index (χ0n) is 21.0. The van der Waals surface area contributed by atoms with Gasteiger partial charge in [-0.1, -0.05) is 112 Å². The van der Waals surface area contributed by atoms with Crippen molar-refractivity contribution >= 4 is 32.6 Å². The van der Waals surface area contributed by atoms with Crippen molar-refractivity contribution in [2.24, 2.45) is 0 Å². The van der Waals surface area contributed by atoms with Crippen LogP contribution in [0.15, 0.2) is 40.9 Å².